The molecule has 0 saturated heterocycles. The van der Waals surface area contributed by atoms with Crippen LogP contribution in [0, 0.1) is 0 Å². The highest BCUT2D eigenvalue weighted by atomic mass is 32.2. The van der Waals surface area contributed by atoms with E-state index in [1.54, 1.807) is 0 Å². The van der Waals surface area contributed by atoms with E-state index in [4.69, 9.17) is 0 Å². The first-order valence-corrected chi connectivity index (χ1v) is 4.39. The maximum absolute atomic E-state index is 10.6. The van der Waals surface area contributed by atoms with Crippen LogP contribution >= 0.6 is 0 Å². The summed E-state index contributed by atoms with van der Waals surface area (Å²) in [5, 5.41) is 0. The number of hydrazine groups is 1. The van der Waals surface area contributed by atoms with E-state index in [2.05, 4.69) is 0 Å². The first kappa shape index (κ1) is 9.38. The van der Waals surface area contributed by atoms with E-state index in [-0.39, 0.29) is 5.75 Å². The Kier molecular flexibility index (Phi) is 3.31. The van der Waals surface area contributed by atoms with E-state index in [0.717, 1.165) is 0 Å². The van der Waals surface area contributed by atoms with Gasteiger partial charge in [-0.25, -0.2) is 8.42 Å². The minimum atomic E-state index is -3.30. The van der Waals surface area contributed by atoms with Gasteiger partial charge in [-0.2, -0.15) is 0 Å². The molecule has 0 aliphatic heterocycles. The van der Waals surface area contributed by atoms with Crippen molar-refractivity contribution >= 4 is 15.9 Å². The van der Waals surface area contributed by atoms with Crippen molar-refractivity contribution in [2.45, 2.75) is 13.8 Å². The Morgan fingerprint density at radius 2 is 2.00 bits per heavy atom. The SMILES string of the molecule is CCS(=O)(=O)NNC(C)=O. The highest BCUT2D eigenvalue weighted by Gasteiger charge is 2.04. The van der Waals surface area contributed by atoms with Crippen molar-refractivity contribution in [2.75, 3.05) is 5.75 Å². The van der Waals surface area contributed by atoms with Gasteiger partial charge < -0.3 is 0 Å². The molecule has 0 aliphatic carbocycles. The van der Waals surface area contributed by atoms with Crippen LogP contribution in [0.2, 0.25) is 0 Å². The summed E-state index contributed by atoms with van der Waals surface area (Å²) in [6, 6.07) is 0. The van der Waals surface area contributed by atoms with Gasteiger partial charge in [0.25, 0.3) is 0 Å². The fourth-order valence-electron chi connectivity index (χ4n) is 0.222. The third kappa shape index (κ3) is 4.28. The third-order valence-corrected chi connectivity index (χ3v) is 1.94. The van der Waals surface area contributed by atoms with Gasteiger partial charge in [0.05, 0.1) is 5.75 Å². The summed E-state index contributed by atoms with van der Waals surface area (Å²) in [5.74, 6) is -0.482. The summed E-state index contributed by atoms with van der Waals surface area (Å²) in [5.41, 5.74) is 1.96. The van der Waals surface area contributed by atoms with Gasteiger partial charge in [0, 0.05) is 6.92 Å². The van der Waals surface area contributed by atoms with Gasteiger partial charge in [0.1, 0.15) is 0 Å². The van der Waals surface area contributed by atoms with E-state index >= 15 is 0 Å². The van der Waals surface area contributed by atoms with Gasteiger partial charge in [-0.05, 0) is 6.92 Å². The van der Waals surface area contributed by atoms with Gasteiger partial charge in [-0.1, -0.05) is 0 Å². The predicted molar refractivity (Wildman–Crippen MR) is 36.4 cm³/mol. The Morgan fingerprint density at radius 3 is 2.30 bits per heavy atom. The molecular weight excluding hydrogens is 156 g/mol. The van der Waals surface area contributed by atoms with Crippen molar-refractivity contribution in [1.29, 1.82) is 0 Å². The van der Waals surface area contributed by atoms with Crippen LogP contribution in [0.3, 0.4) is 0 Å². The molecule has 0 rings (SSSR count). The molecule has 0 spiro atoms. The molecule has 60 valence electrons. The molecule has 6 heteroatoms. The molecule has 0 unspecified atom stereocenters. The highest BCUT2D eigenvalue weighted by molar-refractivity contribution is 7.89. The van der Waals surface area contributed by atoms with Crippen LogP contribution in [-0.4, -0.2) is 20.1 Å². The van der Waals surface area contributed by atoms with Crippen LogP contribution in [0.5, 0.6) is 0 Å². The van der Waals surface area contributed by atoms with E-state index in [1.165, 1.54) is 13.8 Å². The summed E-state index contributed by atoms with van der Waals surface area (Å²) >= 11 is 0. The second kappa shape index (κ2) is 3.52. The molecule has 0 aromatic rings. The van der Waals surface area contributed by atoms with Crippen LogP contribution in [0.25, 0.3) is 0 Å². The Morgan fingerprint density at radius 1 is 1.50 bits per heavy atom. The van der Waals surface area contributed by atoms with Crippen LogP contribution in [0.1, 0.15) is 13.8 Å². The summed E-state index contributed by atoms with van der Waals surface area (Å²) in [6.45, 7) is 2.70. The second-order valence-electron chi connectivity index (χ2n) is 1.69. The average Bonchev–Trinajstić information content (AvgIpc) is 1.85. The van der Waals surface area contributed by atoms with Crippen molar-refractivity contribution in [1.82, 2.24) is 10.3 Å². The van der Waals surface area contributed by atoms with E-state index < -0.39 is 15.9 Å². The summed E-state index contributed by atoms with van der Waals surface area (Å²) in [7, 11) is -3.30. The number of amides is 1. The normalized spacial score (nSPS) is 11.0. The smallest absolute Gasteiger partial charge is 0.231 e. The van der Waals surface area contributed by atoms with Crippen LogP contribution in [-0.2, 0) is 14.8 Å². The molecule has 0 aromatic carbocycles. The molecule has 0 fully saturated rings. The topological polar surface area (TPSA) is 75.3 Å². The zero-order chi connectivity index (χ0) is 8.20. The summed E-state index contributed by atoms with van der Waals surface area (Å²) in [6.07, 6.45) is 0. The highest BCUT2D eigenvalue weighted by Crippen LogP contribution is 1.76. The van der Waals surface area contributed by atoms with Gasteiger partial charge >= 0.3 is 0 Å². The zero-order valence-corrected chi connectivity index (χ0v) is 6.66. The molecule has 0 atom stereocenters. The first-order valence-electron chi connectivity index (χ1n) is 2.74. The third-order valence-electron chi connectivity index (χ3n) is 0.763. The maximum Gasteiger partial charge on any atom is 0.231 e. The number of carbonyl (C=O) groups is 1. The minimum absolute atomic E-state index is 0.0483. The van der Waals surface area contributed by atoms with E-state index in [0.29, 0.717) is 0 Å². The fourth-order valence-corrected chi connectivity index (χ4v) is 0.665. The monoisotopic (exact) mass is 166 g/mol. The Labute approximate surface area is 59.8 Å². The van der Waals surface area contributed by atoms with Crippen molar-refractivity contribution < 1.29 is 13.2 Å². The number of nitrogens with one attached hydrogen (secondary N) is 2. The van der Waals surface area contributed by atoms with Crippen molar-refractivity contribution in [3.05, 3.63) is 0 Å². The first-order chi connectivity index (χ1) is 4.48. The Balaban J connectivity index is 3.81. The number of carbonyl (C=O) groups excluding carboxylic acids is 1. The number of hydrogen-bond acceptors (Lipinski definition) is 3. The molecule has 10 heavy (non-hydrogen) atoms. The lowest BCUT2D eigenvalue weighted by molar-refractivity contribution is -0.119. The number of hydrogen-bond donors (Lipinski definition) is 2. The molecule has 0 aliphatic rings. The quantitative estimate of drug-likeness (QED) is 0.527. The molecule has 0 aromatic heterocycles. The van der Waals surface area contributed by atoms with Crippen molar-refractivity contribution in [3.63, 3.8) is 0 Å². The van der Waals surface area contributed by atoms with Crippen LogP contribution < -0.4 is 10.3 Å². The average molecular weight is 166 g/mol. The Hall–Kier alpha value is -0.620. The summed E-state index contributed by atoms with van der Waals surface area (Å²) in [4.78, 5) is 12.0. The Bertz CT molecular complexity index is 209. The second-order valence-corrected chi connectivity index (χ2v) is 3.70. The number of sulfonamides is 1. The molecule has 5 nitrogen and oxygen atoms in total. The fraction of sp³-hybridized carbons (Fsp3) is 0.750. The lowest BCUT2D eigenvalue weighted by Gasteiger charge is -2.02. The van der Waals surface area contributed by atoms with Crippen molar-refractivity contribution in [3.8, 4) is 0 Å². The van der Waals surface area contributed by atoms with Crippen LogP contribution in [0.4, 0.5) is 0 Å². The molecule has 0 saturated carbocycles. The van der Waals surface area contributed by atoms with Crippen molar-refractivity contribution in [2.24, 2.45) is 0 Å². The van der Waals surface area contributed by atoms with Gasteiger partial charge in [-0.15, -0.1) is 4.83 Å². The molecular formula is C4H10N2O3S. The van der Waals surface area contributed by atoms with Crippen LogP contribution in [0.15, 0.2) is 0 Å². The zero-order valence-electron chi connectivity index (χ0n) is 5.84. The maximum atomic E-state index is 10.6. The molecule has 0 radical (unpaired) electrons. The van der Waals surface area contributed by atoms with Gasteiger partial charge in [-0.3, -0.25) is 10.2 Å². The van der Waals surface area contributed by atoms with E-state index in [9.17, 15) is 13.2 Å². The lowest BCUT2D eigenvalue weighted by Crippen LogP contribution is -2.40. The van der Waals surface area contributed by atoms with Gasteiger partial charge in [0.15, 0.2) is 0 Å². The van der Waals surface area contributed by atoms with E-state index in [1.807, 2.05) is 10.3 Å². The standard InChI is InChI=1S/C4H10N2O3S/c1-3-10(8,9)6-5-4(2)7/h6H,3H2,1-2H3,(H,5,7). The number of rotatable bonds is 3. The lowest BCUT2D eigenvalue weighted by atomic mass is 10.8. The molecule has 0 bridgehead atoms. The summed E-state index contributed by atoms with van der Waals surface area (Å²) < 4.78 is 21.2. The predicted octanol–water partition coefficient (Wildman–Crippen LogP) is -1.02. The van der Waals surface area contributed by atoms with Gasteiger partial charge in [0.2, 0.25) is 15.9 Å². The molecule has 1 amide bonds. The largest absolute Gasteiger partial charge is 0.278 e. The molecule has 0 heterocycles. The minimum Gasteiger partial charge on any atom is -0.278 e. The molecule has 2 N–H and O–H groups in total.